The van der Waals surface area contributed by atoms with E-state index in [0.29, 0.717) is 17.7 Å². The van der Waals surface area contributed by atoms with Crippen molar-refractivity contribution in [2.75, 3.05) is 6.61 Å². The highest BCUT2D eigenvalue weighted by molar-refractivity contribution is 5.95. The zero-order valence-electron chi connectivity index (χ0n) is 11.1. The molecule has 0 saturated carbocycles. The fourth-order valence-corrected chi connectivity index (χ4v) is 1.74. The van der Waals surface area contributed by atoms with Gasteiger partial charge in [0.1, 0.15) is 6.61 Å². The van der Waals surface area contributed by atoms with Crippen LogP contribution in [0.1, 0.15) is 27.0 Å². The normalized spacial score (nSPS) is 9.70. The number of aromatic amines is 1. The molecule has 1 amide bonds. The number of aliphatic hydroxyl groups excluding tert-OH is 1. The van der Waals surface area contributed by atoms with Gasteiger partial charge in [0.15, 0.2) is 0 Å². The number of hydrogen-bond donors (Lipinski definition) is 3. The van der Waals surface area contributed by atoms with Crippen molar-refractivity contribution in [1.29, 1.82) is 0 Å². The summed E-state index contributed by atoms with van der Waals surface area (Å²) in [4.78, 5) is 12.1. The average molecular weight is 269 g/mol. The Labute approximate surface area is 117 Å². The number of H-pyrrole nitrogens is 1. The van der Waals surface area contributed by atoms with E-state index < -0.39 is 0 Å². The fourth-order valence-electron chi connectivity index (χ4n) is 1.74. The van der Waals surface area contributed by atoms with Gasteiger partial charge in [0, 0.05) is 29.4 Å². The summed E-state index contributed by atoms with van der Waals surface area (Å²) in [7, 11) is 0. The summed E-state index contributed by atoms with van der Waals surface area (Å²) in [5.74, 6) is 5.20. The summed E-state index contributed by atoms with van der Waals surface area (Å²) in [6.45, 7) is 2.09. The lowest BCUT2D eigenvalue weighted by atomic mass is 10.0. The Balaban J connectivity index is 2.12. The molecule has 0 fully saturated rings. The van der Waals surface area contributed by atoms with E-state index in [1.54, 1.807) is 18.5 Å². The Morgan fingerprint density at radius 2 is 2.35 bits per heavy atom. The zero-order valence-corrected chi connectivity index (χ0v) is 11.1. The van der Waals surface area contributed by atoms with Crippen LogP contribution >= 0.6 is 0 Å². The summed E-state index contributed by atoms with van der Waals surface area (Å²) >= 11 is 0. The number of hydrogen-bond acceptors (Lipinski definition) is 3. The molecule has 0 unspecified atom stereocenters. The Morgan fingerprint density at radius 1 is 1.50 bits per heavy atom. The van der Waals surface area contributed by atoms with Crippen LogP contribution in [0.3, 0.4) is 0 Å². The second-order valence-corrected chi connectivity index (χ2v) is 4.28. The number of nitrogens with one attached hydrogen (secondary N) is 2. The minimum atomic E-state index is -0.199. The third kappa shape index (κ3) is 3.46. The molecule has 2 aromatic rings. The molecular weight excluding hydrogens is 254 g/mol. The predicted octanol–water partition coefficient (Wildman–Crippen LogP) is 0.992. The van der Waals surface area contributed by atoms with Crippen LogP contribution in [0.2, 0.25) is 0 Å². The average Bonchev–Trinajstić information content (AvgIpc) is 2.97. The second-order valence-electron chi connectivity index (χ2n) is 4.28. The predicted molar refractivity (Wildman–Crippen MR) is 74.9 cm³/mol. The third-order valence-electron chi connectivity index (χ3n) is 2.80. The van der Waals surface area contributed by atoms with Gasteiger partial charge in [-0.1, -0.05) is 17.9 Å². The summed E-state index contributed by atoms with van der Waals surface area (Å²) in [5.41, 5.74) is 3.08. The van der Waals surface area contributed by atoms with Gasteiger partial charge in [-0.05, 0) is 24.6 Å². The summed E-state index contributed by atoms with van der Waals surface area (Å²) in [5, 5.41) is 18.0. The molecule has 0 aliphatic heterocycles. The molecule has 0 spiro atoms. The monoisotopic (exact) mass is 269 g/mol. The molecule has 1 aromatic heterocycles. The fraction of sp³-hybridized carbons (Fsp3) is 0.200. The number of aliphatic hydroxyl groups is 1. The molecule has 1 heterocycles. The van der Waals surface area contributed by atoms with Crippen LogP contribution in [0.25, 0.3) is 0 Å². The van der Waals surface area contributed by atoms with Gasteiger partial charge in [0.05, 0.1) is 6.20 Å². The van der Waals surface area contributed by atoms with Gasteiger partial charge >= 0.3 is 0 Å². The first-order valence-electron chi connectivity index (χ1n) is 6.17. The molecule has 3 N–H and O–H groups in total. The quantitative estimate of drug-likeness (QED) is 0.727. The van der Waals surface area contributed by atoms with E-state index in [4.69, 9.17) is 5.11 Å². The Hall–Kier alpha value is -2.58. The highest BCUT2D eigenvalue weighted by Gasteiger charge is 2.09. The molecule has 0 atom stereocenters. The van der Waals surface area contributed by atoms with Crippen molar-refractivity contribution in [2.24, 2.45) is 0 Å². The molecule has 1 aromatic carbocycles. The maximum absolute atomic E-state index is 12.1. The lowest BCUT2D eigenvalue weighted by Gasteiger charge is -2.07. The topological polar surface area (TPSA) is 78.0 Å². The summed E-state index contributed by atoms with van der Waals surface area (Å²) in [6, 6.07) is 5.39. The highest BCUT2D eigenvalue weighted by atomic mass is 16.2. The molecule has 5 heteroatoms. The Bertz CT molecular complexity index is 651. The van der Waals surface area contributed by atoms with Crippen LogP contribution in [-0.4, -0.2) is 27.8 Å². The first-order valence-corrected chi connectivity index (χ1v) is 6.17. The van der Waals surface area contributed by atoms with Crippen LogP contribution < -0.4 is 5.32 Å². The summed E-state index contributed by atoms with van der Waals surface area (Å²) in [6.07, 6.45) is 3.40. The molecule has 5 nitrogen and oxygen atoms in total. The largest absolute Gasteiger partial charge is 0.384 e. The first-order chi connectivity index (χ1) is 9.70. The zero-order chi connectivity index (χ0) is 14.4. The van der Waals surface area contributed by atoms with E-state index in [2.05, 4.69) is 27.4 Å². The standard InChI is InChI=1S/C15H15N3O2/c1-11-4-5-12(3-2-6-19)7-14(11)15(20)16-8-13-9-17-18-10-13/h4-5,7,9-10,19H,6,8H2,1H3,(H,16,20)(H,17,18). The van der Waals surface area contributed by atoms with Crippen LogP contribution in [0.4, 0.5) is 0 Å². The minimum Gasteiger partial charge on any atom is -0.384 e. The molecule has 0 bridgehead atoms. The van der Waals surface area contributed by atoms with Gasteiger partial charge < -0.3 is 10.4 Å². The molecule has 2 rings (SSSR count). The van der Waals surface area contributed by atoms with Gasteiger partial charge in [0.25, 0.3) is 5.91 Å². The number of aromatic nitrogens is 2. The van der Waals surface area contributed by atoms with Crippen molar-refractivity contribution in [3.05, 3.63) is 52.8 Å². The molecule has 0 saturated heterocycles. The number of benzene rings is 1. The SMILES string of the molecule is Cc1ccc(C#CCO)cc1C(=O)NCc1cn[nH]c1. The first kappa shape index (κ1) is 13.8. The van der Waals surface area contributed by atoms with E-state index in [1.807, 2.05) is 19.1 Å². The number of nitrogens with zero attached hydrogens (tertiary/aromatic N) is 1. The van der Waals surface area contributed by atoms with Crippen molar-refractivity contribution < 1.29 is 9.90 Å². The Kier molecular flexibility index (Phi) is 4.53. The lowest BCUT2D eigenvalue weighted by Crippen LogP contribution is -2.23. The molecule has 102 valence electrons. The van der Waals surface area contributed by atoms with E-state index in [0.717, 1.165) is 11.1 Å². The van der Waals surface area contributed by atoms with Gasteiger partial charge in [-0.3, -0.25) is 9.89 Å². The highest BCUT2D eigenvalue weighted by Crippen LogP contribution is 2.11. The number of aryl methyl sites for hydroxylation is 1. The maximum atomic E-state index is 12.1. The van der Waals surface area contributed by atoms with E-state index in [-0.39, 0.29) is 12.5 Å². The van der Waals surface area contributed by atoms with Crippen molar-refractivity contribution in [2.45, 2.75) is 13.5 Å². The number of carbonyl (C=O) groups excluding carboxylic acids is 1. The smallest absolute Gasteiger partial charge is 0.251 e. The molecule has 0 radical (unpaired) electrons. The van der Waals surface area contributed by atoms with E-state index in [1.165, 1.54) is 0 Å². The summed E-state index contributed by atoms with van der Waals surface area (Å²) < 4.78 is 0. The third-order valence-corrected chi connectivity index (χ3v) is 2.80. The Morgan fingerprint density at radius 3 is 3.05 bits per heavy atom. The van der Waals surface area contributed by atoms with Gasteiger partial charge in [0.2, 0.25) is 0 Å². The van der Waals surface area contributed by atoms with Gasteiger partial charge in [-0.15, -0.1) is 0 Å². The van der Waals surface area contributed by atoms with E-state index >= 15 is 0 Å². The van der Waals surface area contributed by atoms with Crippen molar-refractivity contribution >= 4 is 5.91 Å². The molecule has 20 heavy (non-hydrogen) atoms. The van der Waals surface area contributed by atoms with Gasteiger partial charge in [-0.2, -0.15) is 5.10 Å². The number of carbonyl (C=O) groups is 1. The molecule has 0 aliphatic rings. The second kappa shape index (κ2) is 6.55. The van der Waals surface area contributed by atoms with Crippen molar-refractivity contribution in [1.82, 2.24) is 15.5 Å². The van der Waals surface area contributed by atoms with Crippen LogP contribution in [0, 0.1) is 18.8 Å². The van der Waals surface area contributed by atoms with Crippen LogP contribution in [0.15, 0.2) is 30.6 Å². The molecule has 0 aliphatic carbocycles. The van der Waals surface area contributed by atoms with Crippen molar-refractivity contribution in [3.63, 3.8) is 0 Å². The molecular formula is C15H15N3O2. The number of amides is 1. The maximum Gasteiger partial charge on any atom is 0.251 e. The minimum absolute atomic E-state index is 0.156. The van der Waals surface area contributed by atoms with E-state index in [9.17, 15) is 4.79 Å². The van der Waals surface area contributed by atoms with Crippen LogP contribution in [0.5, 0.6) is 0 Å². The lowest BCUT2D eigenvalue weighted by molar-refractivity contribution is 0.0950. The van der Waals surface area contributed by atoms with Crippen LogP contribution in [-0.2, 0) is 6.54 Å². The number of rotatable bonds is 3. The van der Waals surface area contributed by atoms with Gasteiger partial charge in [-0.25, -0.2) is 0 Å². The van der Waals surface area contributed by atoms with Crippen molar-refractivity contribution in [3.8, 4) is 11.8 Å².